The number of thiazole rings is 1. The Hall–Kier alpha value is -6.47. The number of nitrogens with zero attached hydrogens (tertiary/aromatic N) is 3. The Morgan fingerprint density at radius 1 is 0.565 bits per heavy atom. The van der Waals surface area contributed by atoms with E-state index >= 15 is 0 Å². The van der Waals surface area contributed by atoms with E-state index in [1.165, 1.54) is 114 Å². The summed E-state index contributed by atoms with van der Waals surface area (Å²) in [4.78, 5) is 8.05. The second-order valence-corrected chi connectivity index (χ2v) is 21.3. The highest BCUT2D eigenvalue weighted by Crippen LogP contribution is 2.53. The molecule has 0 radical (unpaired) electrons. The normalized spacial score (nSPS) is 14.6. The van der Waals surface area contributed by atoms with Gasteiger partial charge in [-0.15, -0.1) is 22.7 Å². The Morgan fingerprint density at radius 3 is 2.18 bits per heavy atom. The highest BCUT2D eigenvalue weighted by molar-refractivity contribution is 7.26. The van der Waals surface area contributed by atoms with Crippen LogP contribution in [0.5, 0.6) is 0 Å². The first-order valence-corrected chi connectivity index (χ1v) is 23.4. The molecule has 3 aliphatic rings. The first-order chi connectivity index (χ1) is 30.1. The first kappa shape index (κ1) is 35.2. The van der Waals surface area contributed by atoms with Gasteiger partial charge in [0.25, 0.3) is 0 Å². The van der Waals surface area contributed by atoms with E-state index in [9.17, 15) is 0 Å². The summed E-state index contributed by atoms with van der Waals surface area (Å²) in [5.41, 5.74) is 20.5. The fourth-order valence-electron chi connectivity index (χ4n) is 11.3. The minimum atomic E-state index is -0.102. The second kappa shape index (κ2) is 11.9. The molecule has 0 saturated heterocycles. The quantitative estimate of drug-likeness (QED) is 0.162. The second-order valence-electron chi connectivity index (χ2n) is 19.1. The topological polar surface area (TPSA) is 21.1 Å². The molecule has 14 rings (SSSR count). The van der Waals surface area contributed by atoms with Crippen molar-refractivity contribution in [3.63, 3.8) is 0 Å². The van der Waals surface area contributed by atoms with Crippen molar-refractivity contribution in [3.05, 3.63) is 168 Å². The number of rotatable bonds is 2. The SMILES string of the molecule is CC(C)(C)c1ccc(N2B3c4cc5nc(-c6ccccc6)sc5cc4-n4c5cc6c(cc5c5ccc(c3c54)-c3cc4c(cc32)sc2ccccc24)C(C)(C)c2ccccc2-6)cc1. The molecule has 5 heterocycles. The van der Waals surface area contributed by atoms with Gasteiger partial charge in [0, 0.05) is 64.5 Å². The highest BCUT2D eigenvalue weighted by atomic mass is 32.1. The summed E-state index contributed by atoms with van der Waals surface area (Å²) < 4.78 is 6.48. The summed E-state index contributed by atoms with van der Waals surface area (Å²) in [6.07, 6.45) is 0. The zero-order chi connectivity index (χ0) is 41.4. The number of hydrogen-bond acceptors (Lipinski definition) is 4. The molecule has 2 aliphatic heterocycles. The Morgan fingerprint density at radius 2 is 1.34 bits per heavy atom. The zero-order valence-corrected chi connectivity index (χ0v) is 36.8. The van der Waals surface area contributed by atoms with Gasteiger partial charge in [0.05, 0.1) is 21.3 Å². The van der Waals surface area contributed by atoms with Gasteiger partial charge in [-0.2, -0.15) is 0 Å². The lowest BCUT2D eigenvalue weighted by Gasteiger charge is -2.42. The molecule has 11 aromatic rings. The molecule has 6 heteroatoms. The van der Waals surface area contributed by atoms with E-state index in [0.717, 1.165) is 16.1 Å². The number of anilines is 2. The smallest absolute Gasteiger partial charge is 0.333 e. The van der Waals surface area contributed by atoms with E-state index in [0.29, 0.717) is 0 Å². The Balaban J connectivity index is 1.14. The molecule has 0 spiro atoms. The third kappa shape index (κ3) is 4.53. The summed E-state index contributed by atoms with van der Waals surface area (Å²) in [5, 5.41) is 6.33. The largest absolute Gasteiger partial charge is 0.376 e. The first-order valence-electron chi connectivity index (χ1n) is 21.7. The minimum absolute atomic E-state index is 0.0424. The van der Waals surface area contributed by atoms with Crippen molar-refractivity contribution < 1.29 is 0 Å². The maximum absolute atomic E-state index is 5.38. The molecule has 0 saturated carbocycles. The number of hydrogen-bond donors (Lipinski definition) is 0. The van der Waals surface area contributed by atoms with Crippen LogP contribution in [0.3, 0.4) is 0 Å². The van der Waals surface area contributed by atoms with Crippen LogP contribution in [0.4, 0.5) is 11.4 Å². The van der Waals surface area contributed by atoms with Crippen molar-refractivity contribution >= 4 is 104 Å². The molecule has 294 valence electrons. The fourth-order valence-corrected chi connectivity index (χ4v) is 13.4. The van der Waals surface area contributed by atoms with Gasteiger partial charge in [0.15, 0.2) is 0 Å². The van der Waals surface area contributed by atoms with Crippen LogP contribution in [-0.2, 0) is 10.8 Å². The molecule has 8 aromatic carbocycles. The molecular formula is C56H40BN3S2. The van der Waals surface area contributed by atoms with Crippen LogP contribution in [0, 0.1) is 0 Å². The predicted molar refractivity (Wildman–Crippen MR) is 268 cm³/mol. The number of aromatic nitrogens is 2. The van der Waals surface area contributed by atoms with Crippen LogP contribution in [-0.4, -0.2) is 16.4 Å². The van der Waals surface area contributed by atoms with Crippen LogP contribution >= 0.6 is 22.7 Å². The minimum Gasteiger partial charge on any atom is -0.376 e. The van der Waals surface area contributed by atoms with E-state index in [2.05, 4.69) is 196 Å². The Bertz CT molecular complexity index is 3770. The molecule has 1 aliphatic carbocycles. The molecule has 0 N–H and O–H groups in total. The molecule has 0 bridgehead atoms. The number of fused-ring (bicyclic) bond motifs is 15. The van der Waals surface area contributed by atoms with Crippen molar-refractivity contribution in [3.8, 4) is 38.5 Å². The van der Waals surface area contributed by atoms with Gasteiger partial charge in [-0.25, -0.2) is 4.98 Å². The van der Waals surface area contributed by atoms with Crippen molar-refractivity contribution in [2.75, 3.05) is 4.81 Å². The standard InChI is InChI=1S/C56H40BN3S2/c1-55(2,3)32-19-21-33(22-20-32)60-47-29-50-41(35-16-10-12-18-49(35)61-50)25-39(47)36-23-24-37-40-26-43-38(34-15-9-11-17-42(34)56(43,4)5)27-46(40)59-48-30-51-45(28-44(48)57(60)52(36)53(37)59)58-54(62-51)31-13-7-6-8-14-31/h6-30H,1-5H3. The third-order valence-corrected chi connectivity index (χ3v) is 16.6. The lowest BCUT2D eigenvalue weighted by atomic mass is 9.44. The lowest BCUT2D eigenvalue weighted by Crippen LogP contribution is -2.60. The van der Waals surface area contributed by atoms with E-state index in [1.807, 2.05) is 11.3 Å². The summed E-state index contributed by atoms with van der Waals surface area (Å²) in [5.74, 6) is 0. The number of thiophene rings is 1. The summed E-state index contributed by atoms with van der Waals surface area (Å²) in [7, 11) is 0. The van der Waals surface area contributed by atoms with Crippen LogP contribution in [0.1, 0.15) is 51.3 Å². The Kier molecular flexibility index (Phi) is 6.76. The fraction of sp³-hybridized carbons (Fsp3) is 0.125. The average molecular weight is 830 g/mol. The maximum Gasteiger partial charge on any atom is 0.333 e. The van der Waals surface area contributed by atoms with Crippen molar-refractivity contribution in [2.45, 2.75) is 45.4 Å². The summed E-state index contributed by atoms with van der Waals surface area (Å²) in [6.45, 7) is 11.6. The number of benzene rings is 8. The predicted octanol–water partition coefficient (Wildman–Crippen LogP) is 14.3. The molecule has 0 atom stereocenters. The van der Waals surface area contributed by atoms with E-state index in [4.69, 9.17) is 4.98 Å². The highest BCUT2D eigenvalue weighted by Gasteiger charge is 2.45. The summed E-state index contributed by atoms with van der Waals surface area (Å²) >= 11 is 3.69. The van der Waals surface area contributed by atoms with Gasteiger partial charge in [-0.05, 0) is 104 Å². The molecule has 0 fully saturated rings. The lowest BCUT2D eigenvalue weighted by molar-refractivity contribution is 0.590. The molecule has 0 unspecified atom stereocenters. The van der Waals surface area contributed by atoms with Crippen LogP contribution in [0.25, 0.3) is 90.7 Å². The van der Waals surface area contributed by atoms with Gasteiger partial charge in [-0.1, -0.05) is 132 Å². The maximum atomic E-state index is 5.38. The van der Waals surface area contributed by atoms with Gasteiger partial charge in [-0.3, -0.25) is 0 Å². The van der Waals surface area contributed by atoms with Crippen molar-refractivity contribution in [2.24, 2.45) is 0 Å². The zero-order valence-electron chi connectivity index (χ0n) is 35.2. The molecule has 0 amide bonds. The Labute approximate surface area is 368 Å². The third-order valence-electron chi connectivity index (χ3n) is 14.4. The monoisotopic (exact) mass is 829 g/mol. The average Bonchev–Trinajstić information content (AvgIpc) is 4.02. The molecule has 62 heavy (non-hydrogen) atoms. The van der Waals surface area contributed by atoms with Gasteiger partial charge in [0.1, 0.15) is 5.01 Å². The van der Waals surface area contributed by atoms with Crippen molar-refractivity contribution in [1.82, 2.24) is 9.55 Å². The van der Waals surface area contributed by atoms with Gasteiger partial charge >= 0.3 is 6.85 Å². The molecule has 3 nitrogen and oxygen atoms in total. The van der Waals surface area contributed by atoms with Crippen LogP contribution < -0.4 is 15.7 Å². The van der Waals surface area contributed by atoms with Gasteiger partial charge in [0.2, 0.25) is 0 Å². The van der Waals surface area contributed by atoms with E-state index < -0.39 is 0 Å². The van der Waals surface area contributed by atoms with Gasteiger partial charge < -0.3 is 9.38 Å². The van der Waals surface area contributed by atoms with E-state index in [1.54, 1.807) is 11.3 Å². The van der Waals surface area contributed by atoms with Crippen molar-refractivity contribution in [1.29, 1.82) is 0 Å². The summed E-state index contributed by atoms with van der Waals surface area (Å²) in [6, 6.07) is 57.8. The van der Waals surface area contributed by atoms with Crippen LogP contribution in [0.15, 0.2) is 152 Å². The van der Waals surface area contributed by atoms with Crippen LogP contribution in [0.2, 0.25) is 0 Å². The molecular weight excluding hydrogens is 790 g/mol. The molecule has 3 aromatic heterocycles. The van der Waals surface area contributed by atoms with E-state index in [-0.39, 0.29) is 17.7 Å².